The monoisotopic (exact) mass is 336 g/mol. The maximum absolute atomic E-state index is 12.4. The lowest BCUT2D eigenvalue weighted by Gasteiger charge is -2.21. The number of nitrogens with one attached hydrogen (secondary N) is 1. The van der Waals surface area contributed by atoms with Crippen molar-refractivity contribution in [1.29, 1.82) is 0 Å². The molecule has 0 saturated heterocycles. The molecule has 0 radical (unpaired) electrons. The fourth-order valence-electron chi connectivity index (χ4n) is 2.15. The number of likely N-dealkylation sites (N-methyl/N-ethyl adjacent to an activating group) is 1. The third-order valence-electron chi connectivity index (χ3n) is 3.00. The van der Waals surface area contributed by atoms with Crippen LogP contribution in [0.3, 0.4) is 0 Å². The maximum atomic E-state index is 12.4. The third-order valence-corrected chi connectivity index (χ3v) is 5.15. The van der Waals surface area contributed by atoms with E-state index >= 15 is 0 Å². The summed E-state index contributed by atoms with van der Waals surface area (Å²) in [6.07, 6.45) is 0.354. The number of hydrogen-bond donors (Lipinski definition) is 2. The van der Waals surface area contributed by atoms with Gasteiger partial charge >= 0.3 is 0 Å². The van der Waals surface area contributed by atoms with Gasteiger partial charge in [-0.05, 0) is 37.7 Å². The van der Waals surface area contributed by atoms with Gasteiger partial charge in [-0.1, -0.05) is 12.6 Å². The van der Waals surface area contributed by atoms with Gasteiger partial charge in [-0.2, -0.15) is 0 Å². The molecule has 0 saturated carbocycles. The highest BCUT2D eigenvalue weighted by molar-refractivity contribution is 7.22. The SMILES string of the molecule is C=C(O)CC(CN(C)C)NC(=O)c1ccc(-c2cccs2)s1. The fourth-order valence-corrected chi connectivity index (χ4v) is 3.90. The van der Waals surface area contributed by atoms with Crippen LogP contribution in [0.4, 0.5) is 0 Å². The second kappa shape index (κ2) is 7.58. The van der Waals surface area contributed by atoms with Crippen molar-refractivity contribution in [3.05, 3.63) is 46.9 Å². The molecule has 22 heavy (non-hydrogen) atoms. The Balaban J connectivity index is 2.05. The van der Waals surface area contributed by atoms with E-state index in [4.69, 9.17) is 0 Å². The Morgan fingerprint density at radius 3 is 2.73 bits per heavy atom. The quantitative estimate of drug-likeness (QED) is 0.760. The van der Waals surface area contributed by atoms with Gasteiger partial charge in [0, 0.05) is 28.8 Å². The summed E-state index contributed by atoms with van der Waals surface area (Å²) in [5, 5.41) is 14.4. The van der Waals surface area contributed by atoms with Crippen LogP contribution in [0.1, 0.15) is 16.1 Å². The van der Waals surface area contributed by atoms with E-state index < -0.39 is 0 Å². The Morgan fingerprint density at radius 1 is 1.36 bits per heavy atom. The maximum Gasteiger partial charge on any atom is 0.261 e. The normalized spacial score (nSPS) is 12.3. The van der Waals surface area contributed by atoms with Gasteiger partial charge in [-0.3, -0.25) is 4.79 Å². The number of aliphatic hydroxyl groups is 1. The van der Waals surface area contributed by atoms with Crippen LogP contribution in [0.25, 0.3) is 9.75 Å². The van der Waals surface area contributed by atoms with Crippen LogP contribution in [-0.2, 0) is 0 Å². The summed E-state index contributed by atoms with van der Waals surface area (Å²) >= 11 is 3.14. The number of thiophene rings is 2. The zero-order valence-electron chi connectivity index (χ0n) is 12.7. The molecule has 0 spiro atoms. The average Bonchev–Trinajstić information content (AvgIpc) is 3.08. The molecule has 0 aliphatic heterocycles. The second-order valence-corrected chi connectivity index (χ2v) is 7.38. The zero-order valence-corrected chi connectivity index (χ0v) is 14.3. The van der Waals surface area contributed by atoms with Crippen molar-refractivity contribution in [2.45, 2.75) is 12.5 Å². The smallest absolute Gasteiger partial charge is 0.261 e. The van der Waals surface area contributed by atoms with E-state index in [9.17, 15) is 9.90 Å². The third kappa shape index (κ3) is 4.69. The first-order valence-electron chi connectivity index (χ1n) is 6.91. The van der Waals surface area contributed by atoms with Crippen molar-refractivity contribution in [3.8, 4) is 9.75 Å². The summed E-state index contributed by atoms with van der Waals surface area (Å²) in [7, 11) is 3.86. The predicted octanol–water partition coefficient (Wildman–Crippen LogP) is 3.60. The Kier molecular flexibility index (Phi) is 5.76. The topological polar surface area (TPSA) is 52.6 Å². The number of carbonyl (C=O) groups excluding carboxylic acids is 1. The molecular weight excluding hydrogens is 316 g/mol. The molecule has 1 unspecified atom stereocenters. The predicted molar refractivity (Wildman–Crippen MR) is 93.8 cm³/mol. The molecule has 0 aliphatic rings. The highest BCUT2D eigenvalue weighted by Gasteiger charge is 2.17. The highest BCUT2D eigenvalue weighted by atomic mass is 32.1. The molecule has 0 fully saturated rings. The van der Waals surface area contributed by atoms with Crippen LogP contribution in [-0.4, -0.2) is 42.6 Å². The molecule has 118 valence electrons. The van der Waals surface area contributed by atoms with Gasteiger partial charge in [0.2, 0.25) is 0 Å². The second-order valence-electron chi connectivity index (χ2n) is 5.34. The fraction of sp³-hybridized carbons (Fsp3) is 0.312. The Morgan fingerprint density at radius 2 is 2.14 bits per heavy atom. The lowest BCUT2D eigenvalue weighted by atomic mass is 10.1. The van der Waals surface area contributed by atoms with Crippen LogP contribution >= 0.6 is 22.7 Å². The van der Waals surface area contributed by atoms with Crippen LogP contribution in [0.2, 0.25) is 0 Å². The lowest BCUT2D eigenvalue weighted by molar-refractivity contribution is 0.0932. The number of nitrogens with zero attached hydrogens (tertiary/aromatic N) is 1. The van der Waals surface area contributed by atoms with E-state index in [0.29, 0.717) is 17.8 Å². The molecule has 2 aromatic heterocycles. The van der Waals surface area contributed by atoms with Crippen molar-refractivity contribution in [3.63, 3.8) is 0 Å². The zero-order chi connectivity index (χ0) is 16.1. The summed E-state index contributed by atoms with van der Waals surface area (Å²) in [4.78, 5) is 17.3. The van der Waals surface area contributed by atoms with Crippen molar-refractivity contribution in [1.82, 2.24) is 10.2 Å². The van der Waals surface area contributed by atoms with Crippen molar-refractivity contribution in [2.75, 3.05) is 20.6 Å². The van der Waals surface area contributed by atoms with Gasteiger partial charge in [-0.25, -0.2) is 0 Å². The molecule has 2 N–H and O–H groups in total. The first kappa shape index (κ1) is 16.7. The molecule has 0 bridgehead atoms. The van der Waals surface area contributed by atoms with Gasteiger partial charge in [-0.15, -0.1) is 22.7 Å². The van der Waals surface area contributed by atoms with Crippen LogP contribution in [0, 0.1) is 0 Å². The molecule has 2 heterocycles. The number of amides is 1. The van der Waals surface area contributed by atoms with Crippen molar-refractivity contribution < 1.29 is 9.90 Å². The van der Waals surface area contributed by atoms with Crippen molar-refractivity contribution in [2.24, 2.45) is 0 Å². The molecule has 0 aliphatic carbocycles. The van der Waals surface area contributed by atoms with Gasteiger partial charge in [0.15, 0.2) is 0 Å². The summed E-state index contributed by atoms with van der Waals surface area (Å²) in [6, 6.07) is 7.70. The lowest BCUT2D eigenvalue weighted by Crippen LogP contribution is -2.41. The molecule has 1 atom stereocenters. The molecule has 6 heteroatoms. The van der Waals surface area contributed by atoms with Crippen LogP contribution in [0.5, 0.6) is 0 Å². The molecule has 0 aromatic carbocycles. The number of hydrogen-bond acceptors (Lipinski definition) is 5. The summed E-state index contributed by atoms with van der Waals surface area (Å²) in [5.41, 5.74) is 0. The minimum atomic E-state index is -0.160. The molecule has 2 aromatic rings. The molecule has 1 amide bonds. The first-order valence-corrected chi connectivity index (χ1v) is 8.61. The summed E-state index contributed by atoms with van der Waals surface area (Å²) < 4.78 is 0. The minimum Gasteiger partial charge on any atom is -0.513 e. The van der Waals surface area contributed by atoms with Gasteiger partial charge in [0.05, 0.1) is 10.6 Å². The Hall–Kier alpha value is -1.63. The van der Waals surface area contributed by atoms with Crippen LogP contribution in [0.15, 0.2) is 42.0 Å². The Bertz CT molecular complexity index is 632. The van der Waals surface area contributed by atoms with E-state index in [1.807, 2.05) is 48.6 Å². The van der Waals surface area contributed by atoms with E-state index in [1.165, 1.54) is 11.3 Å². The summed E-state index contributed by atoms with van der Waals surface area (Å²) in [6.45, 7) is 4.16. The summed E-state index contributed by atoms with van der Waals surface area (Å²) in [5.74, 6) is -0.0292. The van der Waals surface area contributed by atoms with Gasteiger partial charge in [0.1, 0.15) is 0 Å². The average molecular weight is 336 g/mol. The standard InChI is InChI=1S/C16H20N2O2S2/c1-11(19)9-12(10-18(2)3)17-16(20)15-7-6-14(22-15)13-5-4-8-21-13/h4-8,12,19H,1,9-10H2,2-3H3,(H,17,20). The number of carbonyl (C=O) groups is 1. The molecular formula is C16H20N2O2S2. The van der Waals surface area contributed by atoms with E-state index in [2.05, 4.69) is 11.9 Å². The molecule has 2 rings (SSSR count). The first-order chi connectivity index (χ1) is 10.5. The molecule has 4 nitrogen and oxygen atoms in total. The van der Waals surface area contributed by atoms with E-state index in [1.54, 1.807) is 11.3 Å². The van der Waals surface area contributed by atoms with E-state index in [0.717, 1.165) is 9.75 Å². The highest BCUT2D eigenvalue weighted by Crippen LogP contribution is 2.31. The van der Waals surface area contributed by atoms with Crippen molar-refractivity contribution >= 4 is 28.6 Å². The van der Waals surface area contributed by atoms with Gasteiger partial charge in [0.25, 0.3) is 5.91 Å². The van der Waals surface area contributed by atoms with Crippen LogP contribution < -0.4 is 5.32 Å². The number of aliphatic hydroxyl groups excluding tert-OH is 1. The number of rotatable bonds is 7. The van der Waals surface area contributed by atoms with Gasteiger partial charge < -0.3 is 15.3 Å². The van der Waals surface area contributed by atoms with E-state index in [-0.39, 0.29) is 17.7 Å². The largest absolute Gasteiger partial charge is 0.513 e. The minimum absolute atomic E-state index is 0.0811. The Labute approximate surface area is 138 Å².